The molecular formula is C11H11N3O2. The van der Waals surface area contributed by atoms with Crippen molar-refractivity contribution in [2.45, 2.75) is 0 Å². The van der Waals surface area contributed by atoms with Crippen molar-refractivity contribution in [2.24, 2.45) is 7.05 Å². The largest absolute Gasteiger partial charge is 0.497 e. The summed E-state index contributed by atoms with van der Waals surface area (Å²) in [6.07, 6.45) is 1.36. The van der Waals surface area contributed by atoms with E-state index in [0.29, 0.717) is 11.4 Å². The summed E-state index contributed by atoms with van der Waals surface area (Å²) in [5.41, 5.74) is 0.567. The second-order valence-electron chi connectivity index (χ2n) is 3.26. The molecule has 0 fully saturated rings. The Hall–Kier alpha value is -2.17. The van der Waals surface area contributed by atoms with E-state index in [1.165, 1.54) is 11.0 Å². The molecule has 0 radical (unpaired) electrons. The number of methoxy groups -OCH3 is 1. The third kappa shape index (κ3) is 1.79. The quantitative estimate of drug-likeness (QED) is 0.721. The van der Waals surface area contributed by atoms with Crippen LogP contribution in [0.4, 0.5) is 0 Å². The molecule has 0 aliphatic rings. The monoisotopic (exact) mass is 217 g/mol. The molecule has 0 bridgehead atoms. The third-order valence-corrected chi connectivity index (χ3v) is 2.27. The molecule has 0 amide bonds. The zero-order valence-corrected chi connectivity index (χ0v) is 9.04. The summed E-state index contributed by atoms with van der Waals surface area (Å²) in [4.78, 5) is 15.9. The fourth-order valence-corrected chi connectivity index (χ4v) is 1.37. The minimum absolute atomic E-state index is 0.150. The molecule has 5 heteroatoms. The predicted molar refractivity (Wildman–Crippen MR) is 57.4 cm³/mol. The standard InChI is InChI=1S/C11H11N3O2/c1-14-11(12-7-13-14)10(15)8-3-5-9(16-2)6-4-8/h3-7H,1-2H3. The SMILES string of the molecule is COc1ccc(C(=O)c2ncnn2C)cc1. The van der Waals surface area contributed by atoms with Gasteiger partial charge in [0.15, 0.2) is 5.82 Å². The van der Waals surface area contributed by atoms with Crippen molar-refractivity contribution in [3.05, 3.63) is 42.0 Å². The van der Waals surface area contributed by atoms with Crippen LogP contribution >= 0.6 is 0 Å². The van der Waals surface area contributed by atoms with Crippen LogP contribution in [-0.2, 0) is 7.05 Å². The van der Waals surface area contributed by atoms with Crippen molar-refractivity contribution in [2.75, 3.05) is 7.11 Å². The molecular weight excluding hydrogens is 206 g/mol. The number of hydrogen-bond acceptors (Lipinski definition) is 4. The highest BCUT2D eigenvalue weighted by Gasteiger charge is 2.14. The molecule has 0 spiro atoms. The van der Waals surface area contributed by atoms with Gasteiger partial charge in [-0.05, 0) is 24.3 Å². The molecule has 2 aromatic rings. The van der Waals surface area contributed by atoms with E-state index >= 15 is 0 Å². The first-order valence-corrected chi connectivity index (χ1v) is 4.75. The predicted octanol–water partition coefficient (Wildman–Crippen LogP) is 1.05. The van der Waals surface area contributed by atoms with Gasteiger partial charge in [0.1, 0.15) is 12.1 Å². The maximum Gasteiger partial charge on any atom is 0.229 e. The zero-order chi connectivity index (χ0) is 11.5. The molecule has 82 valence electrons. The number of ketones is 1. The highest BCUT2D eigenvalue weighted by molar-refractivity contribution is 6.06. The Bertz CT molecular complexity index is 502. The minimum Gasteiger partial charge on any atom is -0.497 e. The first kappa shape index (κ1) is 10.4. The van der Waals surface area contributed by atoms with Gasteiger partial charge < -0.3 is 4.74 Å². The Morgan fingerprint density at radius 2 is 2.00 bits per heavy atom. The Labute approximate surface area is 92.7 Å². The Kier molecular flexibility index (Phi) is 2.68. The fourth-order valence-electron chi connectivity index (χ4n) is 1.37. The van der Waals surface area contributed by atoms with Gasteiger partial charge in [0.2, 0.25) is 5.78 Å². The normalized spacial score (nSPS) is 10.1. The van der Waals surface area contributed by atoms with Crippen LogP contribution in [-0.4, -0.2) is 27.7 Å². The molecule has 1 aromatic heterocycles. The average molecular weight is 217 g/mol. The van der Waals surface area contributed by atoms with Crippen LogP contribution in [0.1, 0.15) is 16.2 Å². The van der Waals surface area contributed by atoms with E-state index in [0.717, 1.165) is 5.75 Å². The lowest BCUT2D eigenvalue weighted by Gasteiger charge is -2.02. The molecule has 0 unspecified atom stereocenters. The van der Waals surface area contributed by atoms with E-state index < -0.39 is 0 Å². The zero-order valence-electron chi connectivity index (χ0n) is 9.04. The van der Waals surface area contributed by atoms with Gasteiger partial charge in [-0.15, -0.1) is 0 Å². The Morgan fingerprint density at radius 1 is 1.31 bits per heavy atom. The summed E-state index contributed by atoms with van der Waals surface area (Å²) in [6, 6.07) is 6.89. The van der Waals surface area contributed by atoms with Gasteiger partial charge in [0.05, 0.1) is 7.11 Å². The number of aromatic nitrogens is 3. The van der Waals surface area contributed by atoms with E-state index in [-0.39, 0.29) is 5.78 Å². The number of aryl methyl sites for hydroxylation is 1. The smallest absolute Gasteiger partial charge is 0.229 e. The molecule has 16 heavy (non-hydrogen) atoms. The van der Waals surface area contributed by atoms with Crippen molar-refractivity contribution >= 4 is 5.78 Å². The van der Waals surface area contributed by atoms with Gasteiger partial charge >= 0.3 is 0 Å². The molecule has 1 heterocycles. The second-order valence-corrected chi connectivity index (χ2v) is 3.26. The van der Waals surface area contributed by atoms with E-state index in [9.17, 15) is 4.79 Å². The van der Waals surface area contributed by atoms with Crippen LogP contribution in [0, 0.1) is 0 Å². The fraction of sp³-hybridized carbons (Fsp3) is 0.182. The van der Waals surface area contributed by atoms with Gasteiger partial charge in [-0.2, -0.15) is 5.10 Å². The van der Waals surface area contributed by atoms with Gasteiger partial charge in [0.25, 0.3) is 0 Å². The first-order chi connectivity index (χ1) is 7.72. The second kappa shape index (κ2) is 4.14. The van der Waals surface area contributed by atoms with Crippen LogP contribution in [0.15, 0.2) is 30.6 Å². The van der Waals surface area contributed by atoms with Gasteiger partial charge in [0, 0.05) is 12.6 Å². The van der Waals surface area contributed by atoms with Crippen molar-refractivity contribution in [3.8, 4) is 5.75 Å². The van der Waals surface area contributed by atoms with Crippen molar-refractivity contribution < 1.29 is 9.53 Å². The minimum atomic E-state index is -0.150. The molecule has 0 saturated heterocycles. The van der Waals surface area contributed by atoms with E-state index in [4.69, 9.17) is 4.74 Å². The van der Waals surface area contributed by atoms with E-state index in [2.05, 4.69) is 10.1 Å². The summed E-state index contributed by atoms with van der Waals surface area (Å²) in [6.45, 7) is 0. The molecule has 0 aliphatic heterocycles. The maximum absolute atomic E-state index is 12.0. The molecule has 0 saturated carbocycles. The molecule has 0 aliphatic carbocycles. The Morgan fingerprint density at radius 3 is 2.50 bits per heavy atom. The summed E-state index contributed by atoms with van der Waals surface area (Å²) in [5.74, 6) is 0.891. The summed E-state index contributed by atoms with van der Waals surface area (Å²) in [7, 11) is 3.27. The van der Waals surface area contributed by atoms with Crippen LogP contribution < -0.4 is 4.74 Å². The summed E-state index contributed by atoms with van der Waals surface area (Å²) < 4.78 is 6.47. The van der Waals surface area contributed by atoms with Crippen molar-refractivity contribution in [3.63, 3.8) is 0 Å². The van der Waals surface area contributed by atoms with Gasteiger partial charge in [-0.25, -0.2) is 9.67 Å². The van der Waals surface area contributed by atoms with Gasteiger partial charge in [-0.3, -0.25) is 4.79 Å². The molecule has 0 N–H and O–H groups in total. The van der Waals surface area contributed by atoms with Crippen LogP contribution in [0.25, 0.3) is 0 Å². The summed E-state index contributed by atoms with van der Waals surface area (Å²) in [5, 5.41) is 3.86. The molecule has 0 atom stereocenters. The summed E-state index contributed by atoms with van der Waals surface area (Å²) >= 11 is 0. The molecule has 5 nitrogen and oxygen atoms in total. The highest BCUT2D eigenvalue weighted by atomic mass is 16.5. The number of nitrogens with zero attached hydrogens (tertiary/aromatic N) is 3. The molecule has 1 aromatic carbocycles. The number of carbonyl (C=O) groups excluding carboxylic acids is 1. The number of rotatable bonds is 3. The Balaban J connectivity index is 2.31. The number of carbonyl (C=O) groups is 1. The lowest BCUT2D eigenvalue weighted by Crippen LogP contribution is -2.09. The number of hydrogen-bond donors (Lipinski definition) is 0. The van der Waals surface area contributed by atoms with Gasteiger partial charge in [-0.1, -0.05) is 0 Å². The third-order valence-electron chi connectivity index (χ3n) is 2.27. The maximum atomic E-state index is 12.0. The van der Waals surface area contributed by atoms with Crippen molar-refractivity contribution in [1.82, 2.24) is 14.8 Å². The van der Waals surface area contributed by atoms with Crippen LogP contribution in [0.2, 0.25) is 0 Å². The van der Waals surface area contributed by atoms with Crippen LogP contribution in [0.5, 0.6) is 5.75 Å². The lowest BCUT2D eigenvalue weighted by atomic mass is 10.1. The topological polar surface area (TPSA) is 57.0 Å². The lowest BCUT2D eigenvalue weighted by molar-refractivity contribution is 0.102. The van der Waals surface area contributed by atoms with Crippen molar-refractivity contribution in [1.29, 1.82) is 0 Å². The van der Waals surface area contributed by atoms with Crippen LogP contribution in [0.3, 0.4) is 0 Å². The number of ether oxygens (including phenoxy) is 1. The molecule has 2 rings (SSSR count). The number of benzene rings is 1. The van der Waals surface area contributed by atoms with E-state index in [1.54, 1.807) is 38.4 Å². The van der Waals surface area contributed by atoms with E-state index in [1.807, 2.05) is 0 Å². The highest BCUT2D eigenvalue weighted by Crippen LogP contribution is 2.13. The average Bonchev–Trinajstić information content (AvgIpc) is 2.75. The first-order valence-electron chi connectivity index (χ1n) is 4.75.